The molecule has 0 aliphatic carbocycles. The van der Waals surface area contributed by atoms with E-state index in [4.69, 9.17) is 23.2 Å². The van der Waals surface area contributed by atoms with Crippen LogP contribution < -0.4 is 10.7 Å². The normalized spacial score (nSPS) is 20.4. The van der Waals surface area contributed by atoms with Crippen molar-refractivity contribution >= 4 is 52.3 Å². The molecule has 0 radical (unpaired) electrons. The molecule has 194 valence electrons. The number of hydrazone groups is 1. The van der Waals surface area contributed by atoms with Crippen molar-refractivity contribution in [1.82, 2.24) is 15.2 Å². The van der Waals surface area contributed by atoms with Crippen LogP contribution in [0.2, 0.25) is 10.0 Å². The molecule has 3 aliphatic heterocycles. The van der Waals surface area contributed by atoms with E-state index in [0.717, 1.165) is 25.9 Å². The number of benzene rings is 2. The molecule has 2 N–H and O–H groups in total. The molecule has 1 fully saturated rings. The van der Waals surface area contributed by atoms with Crippen molar-refractivity contribution < 1.29 is 14.0 Å². The Bertz CT molecular complexity index is 1280. The minimum absolute atomic E-state index is 0.00747. The van der Waals surface area contributed by atoms with E-state index < -0.39 is 5.82 Å². The third-order valence-electron chi connectivity index (χ3n) is 7.09. The molecule has 11 heteroatoms. The fraction of sp³-hybridized carbons (Fsp3) is 0.385. The van der Waals surface area contributed by atoms with Gasteiger partial charge in [0.05, 0.1) is 17.6 Å². The van der Waals surface area contributed by atoms with Crippen LogP contribution in [0, 0.1) is 5.82 Å². The minimum atomic E-state index is -0.532. The standard InChI is InChI=1S/C26H27Cl2FN6O2/c1-15(22-18(27)8-9-19(29)23(22)28)35-13-10-30-24-21(35)14-20(32-33-24)25(36)31-17-6-4-16(5-7-17)26(37)34-11-2-3-12-34/h4-9,15,21H,2-3,10-14H2,1H3,(H,30,33)(H,31,36). The molecular weight excluding hydrogens is 518 g/mol. The fourth-order valence-electron chi connectivity index (χ4n) is 5.08. The Hall–Kier alpha value is -3.01. The van der Waals surface area contributed by atoms with Gasteiger partial charge < -0.3 is 10.2 Å². The monoisotopic (exact) mass is 544 g/mol. The number of amides is 2. The van der Waals surface area contributed by atoms with Gasteiger partial charge in [-0.05, 0) is 56.2 Å². The SMILES string of the molecule is CC(c1c(Cl)ccc(F)c1Cl)N1CCN=C2NN=C(C(=O)Nc3ccc(C(=O)N4CCCC4)cc3)CC21. The molecule has 0 saturated carbocycles. The molecule has 3 heterocycles. The Labute approximate surface area is 224 Å². The quantitative estimate of drug-likeness (QED) is 0.542. The molecule has 2 amide bonds. The highest BCUT2D eigenvalue weighted by molar-refractivity contribution is 6.44. The van der Waals surface area contributed by atoms with Gasteiger partial charge in [0.1, 0.15) is 17.4 Å². The van der Waals surface area contributed by atoms with Gasteiger partial charge in [-0.15, -0.1) is 0 Å². The lowest BCUT2D eigenvalue weighted by atomic mass is 9.98. The topological polar surface area (TPSA) is 89.4 Å². The van der Waals surface area contributed by atoms with Crippen molar-refractivity contribution in [3.05, 3.63) is 63.4 Å². The molecule has 8 nitrogen and oxygen atoms in total. The van der Waals surface area contributed by atoms with Gasteiger partial charge in [0.15, 0.2) is 0 Å². The van der Waals surface area contributed by atoms with E-state index in [-0.39, 0.29) is 28.9 Å². The summed E-state index contributed by atoms with van der Waals surface area (Å²) in [6, 6.07) is 9.01. The summed E-state index contributed by atoms with van der Waals surface area (Å²) < 4.78 is 14.2. The van der Waals surface area contributed by atoms with Gasteiger partial charge in [0.25, 0.3) is 11.8 Å². The average Bonchev–Trinajstić information content (AvgIpc) is 3.45. The molecule has 0 bridgehead atoms. The summed E-state index contributed by atoms with van der Waals surface area (Å²) >= 11 is 12.7. The lowest BCUT2D eigenvalue weighted by molar-refractivity contribution is -0.110. The number of nitrogens with zero attached hydrogens (tertiary/aromatic N) is 4. The Morgan fingerprint density at radius 2 is 1.84 bits per heavy atom. The number of nitrogens with one attached hydrogen (secondary N) is 2. The molecule has 1 saturated heterocycles. The van der Waals surface area contributed by atoms with Crippen molar-refractivity contribution in [2.45, 2.75) is 38.3 Å². The molecule has 0 aromatic heterocycles. The zero-order valence-corrected chi connectivity index (χ0v) is 21.8. The number of halogens is 3. The number of carbonyl (C=O) groups excluding carboxylic acids is 2. The summed E-state index contributed by atoms with van der Waals surface area (Å²) in [6.45, 7) is 4.58. The van der Waals surface area contributed by atoms with Crippen LogP contribution in [0.1, 0.15) is 48.1 Å². The number of amidine groups is 1. The fourth-order valence-corrected chi connectivity index (χ4v) is 5.77. The number of carbonyl (C=O) groups is 2. The zero-order valence-electron chi connectivity index (χ0n) is 20.3. The maximum absolute atomic E-state index is 14.2. The van der Waals surface area contributed by atoms with Crippen LogP contribution in [0.4, 0.5) is 10.1 Å². The van der Waals surface area contributed by atoms with Crippen LogP contribution in [0.15, 0.2) is 46.5 Å². The predicted octanol–water partition coefficient (Wildman–Crippen LogP) is 4.50. The molecule has 37 heavy (non-hydrogen) atoms. The van der Waals surface area contributed by atoms with Crippen LogP contribution in [0.3, 0.4) is 0 Å². The summed E-state index contributed by atoms with van der Waals surface area (Å²) in [6.07, 6.45) is 2.36. The number of aliphatic imine (C=N–C) groups is 1. The first kappa shape index (κ1) is 25.6. The smallest absolute Gasteiger partial charge is 0.271 e. The van der Waals surface area contributed by atoms with Crippen molar-refractivity contribution in [2.75, 3.05) is 31.5 Å². The minimum Gasteiger partial charge on any atom is -0.339 e. The van der Waals surface area contributed by atoms with Gasteiger partial charge in [-0.1, -0.05) is 23.2 Å². The first-order valence-electron chi connectivity index (χ1n) is 12.3. The van der Waals surface area contributed by atoms with Gasteiger partial charge in [-0.3, -0.25) is 24.9 Å². The highest BCUT2D eigenvalue weighted by Crippen LogP contribution is 2.37. The number of fused-ring (bicyclic) bond motifs is 1. The lowest BCUT2D eigenvalue weighted by Gasteiger charge is -2.41. The predicted molar refractivity (Wildman–Crippen MR) is 143 cm³/mol. The second-order valence-electron chi connectivity index (χ2n) is 9.36. The van der Waals surface area contributed by atoms with E-state index in [9.17, 15) is 14.0 Å². The second-order valence-corrected chi connectivity index (χ2v) is 10.1. The third kappa shape index (κ3) is 5.21. The van der Waals surface area contributed by atoms with Crippen molar-refractivity contribution in [1.29, 1.82) is 0 Å². The van der Waals surface area contributed by atoms with E-state index >= 15 is 0 Å². The van der Waals surface area contributed by atoms with E-state index in [2.05, 4.69) is 25.7 Å². The molecule has 2 aromatic carbocycles. The zero-order chi connectivity index (χ0) is 26.1. The molecule has 2 aromatic rings. The largest absolute Gasteiger partial charge is 0.339 e. The van der Waals surface area contributed by atoms with E-state index in [1.54, 1.807) is 24.3 Å². The Morgan fingerprint density at radius 3 is 2.57 bits per heavy atom. The molecule has 2 unspecified atom stereocenters. The highest BCUT2D eigenvalue weighted by atomic mass is 35.5. The van der Waals surface area contributed by atoms with E-state index in [1.807, 2.05) is 11.8 Å². The summed E-state index contributed by atoms with van der Waals surface area (Å²) in [5.41, 5.74) is 4.88. The van der Waals surface area contributed by atoms with Crippen molar-refractivity contribution in [3.8, 4) is 0 Å². The molecule has 5 rings (SSSR count). The van der Waals surface area contributed by atoms with Crippen LogP contribution in [-0.4, -0.2) is 65.4 Å². The van der Waals surface area contributed by atoms with Crippen LogP contribution in [0.5, 0.6) is 0 Å². The molecule has 2 atom stereocenters. The average molecular weight is 545 g/mol. The lowest BCUT2D eigenvalue weighted by Crippen LogP contribution is -2.55. The van der Waals surface area contributed by atoms with Crippen molar-refractivity contribution in [3.63, 3.8) is 0 Å². The Morgan fingerprint density at radius 1 is 1.11 bits per heavy atom. The van der Waals surface area contributed by atoms with Gasteiger partial charge >= 0.3 is 0 Å². The van der Waals surface area contributed by atoms with Crippen molar-refractivity contribution in [2.24, 2.45) is 10.1 Å². The van der Waals surface area contributed by atoms with Gasteiger partial charge in [0, 0.05) is 53.9 Å². The number of hydrogen-bond acceptors (Lipinski definition) is 6. The number of anilines is 1. The van der Waals surface area contributed by atoms with Gasteiger partial charge in [-0.2, -0.15) is 5.10 Å². The highest BCUT2D eigenvalue weighted by Gasteiger charge is 2.37. The molecule has 0 spiro atoms. The van der Waals surface area contributed by atoms with Crippen LogP contribution in [-0.2, 0) is 4.79 Å². The third-order valence-corrected chi connectivity index (χ3v) is 7.80. The van der Waals surface area contributed by atoms with E-state index in [0.29, 0.717) is 52.9 Å². The van der Waals surface area contributed by atoms with Gasteiger partial charge in [-0.25, -0.2) is 4.39 Å². The summed E-state index contributed by atoms with van der Waals surface area (Å²) in [7, 11) is 0. The summed E-state index contributed by atoms with van der Waals surface area (Å²) in [4.78, 5) is 34.1. The van der Waals surface area contributed by atoms with Crippen LogP contribution >= 0.6 is 23.2 Å². The van der Waals surface area contributed by atoms with E-state index in [1.165, 1.54) is 12.1 Å². The first-order chi connectivity index (χ1) is 17.8. The Balaban J connectivity index is 1.28. The van der Waals surface area contributed by atoms with Gasteiger partial charge in [0.2, 0.25) is 0 Å². The Kier molecular flexibility index (Phi) is 7.46. The summed E-state index contributed by atoms with van der Waals surface area (Å²) in [5, 5.41) is 7.48. The number of rotatable bonds is 5. The maximum Gasteiger partial charge on any atom is 0.271 e. The summed E-state index contributed by atoms with van der Waals surface area (Å²) in [5.74, 6) is -0.239. The molecule has 3 aliphatic rings. The molecular formula is C26H27Cl2FN6O2. The first-order valence-corrected chi connectivity index (χ1v) is 13.1. The number of likely N-dealkylation sites (tertiary alicyclic amines) is 1. The second kappa shape index (κ2) is 10.8. The van der Waals surface area contributed by atoms with Crippen LogP contribution in [0.25, 0.3) is 0 Å². The maximum atomic E-state index is 14.2. The number of hydrogen-bond donors (Lipinski definition) is 2.